The molecule has 0 aliphatic carbocycles. The third kappa shape index (κ3) is 3.65. The number of ketones is 1. The molecule has 0 amide bonds. The van der Waals surface area contributed by atoms with Crippen molar-refractivity contribution in [2.45, 2.75) is 18.9 Å². The van der Waals surface area contributed by atoms with E-state index in [1.807, 2.05) is 54.6 Å². The van der Waals surface area contributed by atoms with Gasteiger partial charge in [0, 0.05) is 29.6 Å². The van der Waals surface area contributed by atoms with Gasteiger partial charge in [-0.05, 0) is 29.7 Å². The van der Waals surface area contributed by atoms with Gasteiger partial charge in [0.15, 0.2) is 5.78 Å². The molecule has 1 heterocycles. The molecule has 22 heavy (non-hydrogen) atoms. The van der Waals surface area contributed by atoms with Crippen LogP contribution in [-0.2, 0) is 0 Å². The van der Waals surface area contributed by atoms with Crippen LogP contribution in [0.3, 0.4) is 0 Å². The number of halogens is 1. The molecule has 2 nitrogen and oxygen atoms in total. The Bertz CT molecular complexity index is 676. The normalized spacial score (nSPS) is 17.9. The molecule has 1 aliphatic rings. The summed E-state index contributed by atoms with van der Waals surface area (Å²) >= 11 is 5.94. The van der Waals surface area contributed by atoms with Crippen molar-refractivity contribution in [2.75, 3.05) is 6.54 Å². The molecule has 2 aromatic carbocycles. The van der Waals surface area contributed by atoms with Crippen LogP contribution in [0.15, 0.2) is 60.7 Å². The lowest BCUT2D eigenvalue weighted by Crippen LogP contribution is -2.34. The van der Waals surface area contributed by atoms with Gasteiger partial charge in [0.25, 0.3) is 0 Å². The van der Waals surface area contributed by atoms with Gasteiger partial charge in [0.2, 0.25) is 0 Å². The zero-order valence-electron chi connectivity index (χ0n) is 12.3. The van der Waals surface area contributed by atoms with Gasteiger partial charge in [-0.15, -0.1) is 0 Å². The molecule has 0 saturated heterocycles. The van der Waals surface area contributed by atoms with Gasteiger partial charge in [-0.1, -0.05) is 60.1 Å². The summed E-state index contributed by atoms with van der Waals surface area (Å²) in [5, 5.41) is 4.15. The van der Waals surface area contributed by atoms with E-state index in [0.29, 0.717) is 6.42 Å². The molecule has 1 atom stereocenters. The fourth-order valence-corrected chi connectivity index (χ4v) is 2.91. The van der Waals surface area contributed by atoms with Crippen LogP contribution in [0.1, 0.15) is 28.8 Å². The Morgan fingerprint density at radius 3 is 2.55 bits per heavy atom. The summed E-state index contributed by atoms with van der Waals surface area (Å²) in [7, 11) is 0. The monoisotopic (exact) mass is 311 g/mol. The zero-order valence-corrected chi connectivity index (χ0v) is 13.0. The molecule has 1 unspecified atom stereocenters. The Kier molecular flexibility index (Phi) is 4.71. The molecule has 0 radical (unpaired) electrons. The quantitative estimate of drug-likeness (QED) is 0.850. The van der Waals surface area contributed by atoms with E-state index in [1.165, 1.54) is 11.1 Å². The van der Waals surface area contributed by atoms with Crippen molar-refractivity contribution in [1.29, 1.82) is 0 Å². The number of benzene rings is 2. The Hall–Kier alpha value is -1.90. The first-order chi connectivity index (χ1) is 10.7. The van der Waals surface area contributed by atoms with Gasteiger partial charge in [-0.2, -0.15) is 0 Å². The maximum Gasteiger partial charge on any atom is 0.164 e. The summed E-state index contributed by atoms with van der Waals surface area (Å²) in [4.78, 5) is 12.3. The highest BCUT2D eigenvalue weighted by Crippen LogP contribution is 2.25. The van der Waals surface area contributed by atoms with Crippen LogP contribution in [0.25, 0.3) is 5.57 Å². The van der Waals surface area contributed by atoms with Crippen LogP contribution in [0, 0.1) is 0 Å². The van der Waals surface area contributed by atoms with Crippen LogP contribution in [0.2, 0.25) is 5.02 Å². The molecule has 3 rings (SSSR count). The van der Waals surface area contributed by atoms with Crippen molar-refractivity contribution in [2.24, 2.45) is 0 Å². The third-order valence-corrected chi connectivity index (χ3v) is 4.22. The van der Waals surface area contributed by atoms with E-state index >= 15 is 0 Å². The van der Waals surface area contributed by atoms with Crippen molar-refractivity contribution < 1.29 is 4.79 Å². The minimum absolute atomic E-state index is 0.184. The highest BCUT2D eigenvalue weighted by atomic mass is 35.5. The highest BCUT2D eigenvalue weighted by Gasteiger charge is 2.19. The standard InChI is InChI=1S/C19H18ClNO/c20-17-8-6-14(7-9-17)16-10-11-21-18(12-16)13-19(22)15-4-2-1-3-5-15/h1-10,18,21H,11-13H2. The van der Waals surface area contributed by atoms with E-state index in [1.54, 1.807) is 0 Å². The van der Waals surface area contributed by atoms with Gasteiger partial charge in [-0.25, -0.2) is 0 Å². The van der Waals surface area contributed by atoms with Crippen molar-refractivity contribution in [3.63, 3.8) is 0 Å². The molecule has 2 aromatic rings. The number of nitrogens with one attached hydrogen (secondary N) is 1. The molecule has 0 saturated carbocycles. The molecule has 0 fully saturated rings. The summed E-state index contributed by atoms with van der Waals surface area (Å²) in [5.74, 6) is 0.190. The average Bonchev–Trinajstić information content (AvgIpc) is 2.56. The molecule has 0 spiro atoms. The first-order valence-corrected chi connectivity index (χ1v) is 7.87. The van der Waals surface area contributed by atoms with Crippen LogP contribution in [0.4, 0.5) is 0 Å². The largest absolute Gasteiger partial charge is 0.310 e. The van der Waals surface area contributed by atoms with Crippen LogP contribution < -0.4 is 5.32 Å². The van der Waals surface area contributed by atoms with E-state index in [4.69, 9.17) is 11.6 Å². The number of carbonyl (C=O) groups is 1. The Morgan fingerprint density at radius 1 is 1.09 bits per heavy atom. The lowest BCUT2D eigenvalue weighted by atomic mass is 9.92. The van der Waals surface area contributed by atoms with Crippen molar-refractivity contribution >= 4 is 23.0 Å². The van der Waals surface area contributed by atoms with Crippen molar-refractivity contribution in [3.05, 3.63) is 76.8 Å². The fourth-order valence-electron chi connectivity index (χ4n) is 2.78. The first kappa shape index (κ1) is 15.0. The van der Waals surface area contributed by atoms with Crippen molar-refractivity contribution in [1.82, 2.24) is 5.32 Å². The number of carbonyl (C=O) groups excluding carboxylic acids is 1. The van der Waals surface area contributed by atoms with E-state index in [9.17, 15) is 4.79 Å². The average molecular weight is 312 g/mol. The predicted molar refractivity (Wildman–Crippen MR) is 91.2 cm³/mol. The maximum atomic E-state index is 12.3. The molecule has 1 aliphatic heterocycles. The Morgan fingerprint density at radius 2 is 1.82 bits per heavy atom. The lowest BCUT2D eigenvalue weighted by Gasteiger charge is -2.24. The maximum absolute atomic E-state index is 12.3. The van der Waals surface area contributed by atoms with Crippen LogP contribution >= 0.6 is 11.6 Å². The predicted octanol–water partition coefficient (Wildman–Crippen LogP) is 4.36. The highest BCUT2D eigenvalue weighted by molar-refractivity contribution is 6.30. The second-order valence-electron chi connectivity index (χ2n) is 5.54. The van der Waals surface area contributed by atoms with Gasteiger partial charge in [-0.3, -0.25) is 4.79 Å². The summed E-state index contributed by atoms with van der Waals surface area (Å²) in [6.07, 6.45) is 3.57. The summed E-state index contributed by atoms with van der Waals surface area (Å²) in [5.41, 5.74) is 3.25. The smallest absolute Gasteiger partial charge is 0.164 e. The Balaban J connectivity index is 1.66. The Labute approximate surface area is 135 Å². The van der Waals surface area contributed by atoms with Crippen LogP contribution in [0.5, 0.6) is 0 Å². The van der Waals surface area contributed by atoms with Gasteiger partial charge < -0.3 is 5.32 Å². The number of rotatable bonds is 4. The van der Waals surface area contributed by atoms with Gasteiger partial charge in [0.05, 0.1) is 0 Å². The zero-order chi connectivity index (χ0) is 15.4. The van der Waals surface area contributed by atoms with Crippen molar-refractivity contribution in [3.8, 4) is 0 Å². The first-order valence-electron chi connectivity index (χ1n) is 7.49. The summed E-state index contributed by atoms with van der Waals surface area (Å²) in [6, 6.07) is 17.6. The third-order valence-electron chi connectivity index (χ3n) is 3.96. The molecular weight excluding hydrogens is 294 g/mol. The number of hydrogen-bond acceptors (Lipinski definition) is 2. The number of Topliss-reactive ketones (excluding diaryl/α,β-unsaturated/α-hetero) is 1. The van der Waals surface area contributed by atoms with E-state index in [-0.39, 0.29) is 11.8 Å². The van der Waals surface area contributed by atoms with E-state index in [0.717, 1.165) is 23.6 Å². The SMILES string of the molecule is O=C(CC1CC(c2ccc(Cl)cc2)=CCN1)c1ccccc1. The fraction of sp³-hybridized carbons (Fsp3) is 0.211. The lowest BCUT2D eigenvalue weighted by molar-refractivity contribution is 0.0969. The summed E-state index contributed by atoms with van der Waals surface area (Å²) in [6.45, 7) is 0.796. The van der Waals surface area contributed by atoms with Gasteiger partial charge in [0.1, 0.15) is 0 Å². The molecule has 0 aromatic heterocycles. The van der Waals surface area contributed by atoms with Gasteiger partial charge >= 0.3 is 0 Å². The van der Waals surface area contributed by atoms with E-state index in [2.05, 4.69) is 11.4 Å². The number of hydrogen-bond donors (Lipinski definition) is 1. The van der Waals surface area contributed by atoms with E-state index < -0.39 is 0 Å². The molecular formula is C19H18ClNO. The minimum atomic E-state index is 0.184. The van der Waals surface area contributed by atoms with Crippen LogP contribution in [-0.4, -0.2) is 18.4 Å². The topological polar surface area (TPSA) is 29.1 Å². The molecule has 112 valence electrons. The minimum Gasteiger partial charge on any atom is -0.310 e. The summed E-state index contributed by atoms with van der Waals surface area (Å²) < 4.78 is 0. The molecule has 1 N–H and O–H groups in total. The molecule has 0 bridgehead atoms. The second kappa shape index (κ2) is 6.91. The second-order valence-corrected chi connectivity index (χ2v) is 5.98. The molecule has 3 heteroatoms.